The summed E-state index contributed by atoms with van der Waals surface area (Å²) in [6, 6.07) is 13.9. The van der Waals surface area contributed by atoms with E-state index in [1.54, 1.807) is 73.5 Å². The average molecular weight is 479 g/mol. The average Bonchev–Trinajstić information content (AvgIpc) is 3.07. The zero-order valence-corrected chi connectivity index (χ0v) is 20.6. The van der Waals surface area contributed by atoms with E-state index in [-0.39, 0.29) is 29.9 Å². The van der Waals surface area contributed by atoms with Crippen LogP contribution in [-0.2, 0) is 19.1 Å². The van der Waals surface area contributed by atoms with Crippen molar-refractivity contribution in [1.82, 2.24) is 4.90 Å². The van der Waals surface area contributed by atoms with Gasteiger partial charge in [0.1, 0.15) is 11.5 Å². The van der Waals surface area contributed by atoms with Gasteiger partial charge in [0.2, 0.25) is 0 Å². The SMILES string of the molecule is COC(=O)C1=C(C)N(CC(C)C)C(=O)/C1=C\c1ccc(OCC(=O)Nc2ccc(OC)cc2)cc1. The molecule has 2 amide bonds. The Morgan fingerprint density at radius 2 is 1.63 bits per heavy atom. The van der Waals surface area contributed by atoms with Gasteiger partial charge in [-0.05, 0) is 60.9 Å². The number of benzene rings is 2. The first-order valence-corrected chi connectivity index (χ1v) is 11.2. The molecule has 0 saturated carbocycles. The van der Waals surface area contributed by atoms with Gasteiger partial charge in [0.05, 0.1) is 25.4 Å². The lowest BCUT2D eigenvalue weighted by molar-refractivity contribution is -0.136. The lowest BCUT2D eigenvalue weighted by Gasteiger charge is -2.19. The normalized spacial score (nSPS) is 14.5. The Morgan fingerprint density at radius 3 is 2.20 bits per heavy atom. The Hall–Kier alpha value is -4.07. The molecule has 1 N–H and O–H groups in total. The number of nitrogens with zero attached hydrogens (tertiary/aromatic N) is 1. The van der Waals surface area contributed by atoms with E-state index in [9.17, 15) is 14.4 Å². The molecule has 2 aromatic rings. The fraction of sp³-hybridized carbons (Fsp3) is 0.296. The van der Waals surface area contributed by atoms with E-state index in [0.717, 1.165) is 0 Å². The first kappa shape index (κ1) is 25.6. The van der Waals surface area contributed by atoms with Crippen molar-refractivity contribution >= 4 is 29.5 Å². The number of amides is 2. The number of rotatable bonds is 9. The van der Waals surface area contributed by atoms with Gasteiger partial charge in [0.25, 0.3) is 11.8 Å². The molecule has 0 aliphatic carbocycles. The molecule has 184 valence electrons. The zero-order valence-electron chi connectivity index (χ0n) is 20.6. The highest BCUT2D eigenvalue weighted by Gasteiger charge is 2.37. The molecule has 0 saturated heterocycles. The lowest BCUT2D eigenvalue weighted by Crippen LogP contribution is -2.28. The van der Waals surface area contributed by atoms with Crippen LogP contribution in [-0.4, -0.2) is 50.1 Å². The van der Waals surface area contributed by atoms with Crippen LogP contribution in [0.2, 0.25) is 0 Å². The van der Waals surface area contributed by atoms with Crippen LogP contribution >= 0.6 is 0 Å². The van der Waals surface area contributed by atoms with E-state index < -0.39 is 5.97 Å². The Morgan fingerprint density at radius 1 is 1.00 bits per heavy atom. The van der Waals surface area contributed by atoms with Gasteiger partial charge in [0, 0.05) is 17.9 Å². The number of methoxy groups -OCH3 is 2. The van der Waals surface area contributed by atoms with Crippen molar-refractivity contribution in [2.45, 2.75) is 20.8 Å². The summed E-state index contributed by atoms with van der Waals surface area (Å²) in [7, 11) is 2.87. The van der Waals surface area contributed by atoms with Crippen molar-refractivity contribution in [3.8, 4) is 11.5 Å². The minimum atomic E-state index is -0.545. The molecule has 0 spiro atoms. The van der Waals surface area contributed by atoms with Crippen LogP contribution in [0.1, 0.15) is 26.3 Å². The molecule has 2 aromatic carbocycles. The van der Waals surface area contributed by atoms with Crippen LogP contribution in [0.25, 0.3) is 6.08 Å². The largest absolute Gasteiger partial charge is 0.497 e. The Kier molecular flexibility index (Phi) is 8.30. The van der Waals surface area contributed by atoms with Gasteiger partial charge in [-0.3, -0.25) is 9.59 Å². The van der Waals surface area contributed by atoms with E-state index in [0.29, 0.717) is 40.6 Å². The van der Waals surface area contributed by atoms with Crippen LogP contribution in [0.5, 0.6) is 11.5 Å². The second kappa shape index (κ2) is 11.4. The maximum Gasteiger partial charge on any atom is 0.340 e. The molecule has 1 heterocycles. The van der Waals surface area contributed by atoms with E-state index in [2.05, 4.69) is 5.32 Å². The number of allylic oxidation sites excluding steroid dienone is 1. The van der Waals surface area contributed by atoms with E-state index in [1.165, 1.54) is 7.11 Å². The highest BCUT2D eigenvalue weighted by Crippen LogP contribution is 2.32. The molecule has 8 nitrogen and oxygen atoms in total. The topological polar surface area (TPSA) is 94.2 Å². The molecule has 35 heavy (non-hydrogen) atoms. The van der Waals surface area contributed by atoms with Crippen LogP contribution in [0.3, 0.4) is 0 Å². The van der Waals surface area contributed by atoms with Crippen molar-refractivity contribution < 1.29 is 28.6 Å². The Balaban J connectivity index is 1.68. The Labute approximate surface area is 205 Å². The van der Waals surface area contributed by atoms with Crippen molar-refractivity contribution in [2.24, 2.45) is 5.92 Å². The molecule has 0 unspecified atom stereocenters. The molecular weight excluding hydrogens is 448 g/mol. The highest BCUT2D eigenvalue weighted by molar-refractivity contribution is 6.16. The molecule has 0 fully saturated rings. The third kappa shape index (κ3) is 6.29. The summed E-state index contributed by atoms with van der Waals surface area (Å²) >= 11 is 0. The molecule has 0 bridgehead atoms. The quantitative estimate of drug-likeness (QED) is 0.432. The lowest BCUT2D eigenvalue weighted by atomic mass is 10.0. The predicted octanol–water partition coefficient (Wildman–Crippen LogP) is 4.04. The van der Waals surface area contributed by atoms with Crippen molar-refractivity contribution in [3.63, 3.8) is 0 Å². The van der Waals surface area contributed by atoms with Gasteiger partial charge >= 0.3 is 5.97 Å². The van der Waals surface area contributed by atoms with Gasteiger partial charge in [0.15, 0.2) is 6.61 Å². The standard InChI is InChI=1S/C27H30N2O6/c1-17(2)15-29-18(3)25(27(32)34-5)23(26(29)31)14-19-6-10-22(11-7-19)35-16-24(30)28-20-8-12-21(33-4)13-9-20/h6-14,17H,15-16H2,1-5H3,(H,28,30)/b23-14-. The van der Waals surface area contributed by atoms with Gasteiger partial charge in [-0.1, -0.05) is 26.0 Å². The monoisotopic (exact) mass is 478 g/mol. The third-order valence-electron chi connectivity index (χ3n) is 5.38. The van der Waals surface area contributed by atoms with Crippen LogP contribution in [0, 0.1) is 5.92 Å². The highest BCUT2D eigenvalue weighted by atomic mass is 16.5. The number of ether oxygens (including phenoxy) is 3. The van der Waals surface area contributed by atoms with Crippen molar-refractivity contribution in [1.29, 1.82) is 0 Å². The summed E-state index contributed by atoms with van der Waals surface area (Å²) < 4.78 is 15.6. The zero-order chi connectivity index (χ0) is 25.5. The number of nitrogens with one attached hydrogen (secondary N) is 1. The van der Waals surface area contributed by atoms with E-state index >= 15 is 0 Å². The number of hydrogen-bond donors (Lipinski definition) is 1. The van der Waals surface area contributed by atoms with Crippen LogP contribution < -0.4 is 14.8 Å². The first-order chi connectivity index (χ1) is 16.7. The third-order valence-corrected chi connectivity index (χ3v) is 5.38. The second-order valence-corrected chi connectivity index (χ2v) is 8.45. The summed E-state index contributed by atoms with van der Waals surface area (Å²) in [6.07, 6.45) is 1.67. The minimum absolute atomic E-state index is 0.163. The van der Waals surface area contributed by atoms with Gasteiger partial charge in [-0.25, -0.2) is 4.79 Å². The molecule has 1 aliphatic heterocycles. The summed E-state index contributed by atoms with van der Waals surface area (Å²) in [5.41, 5.74) is 2.50. The van der Waals surface area contributed by atoms with Gasteiger partial charge in [-0.2, -0.15) is 0 Å². The molecule has 1 aliphatic rings. The molecule has 8 heteroatoms. The predicted molar refractivity (Wildman–Crippen MR) is 133 cm³/mol. The Bertz CT molecular complexity index is 1150. The summed E-state index contributed by atoms with van der Waals surface area (Å²) in [6.45, 7) is 6.12. The molecule has 0 radical (unpaired) electrons. The maximum absolute atomic E-state index is 13.0. The molecular formula is C27H30N2O6. The molecule has 0 atom stereocenters. The first-order valence-electron chi connectivity index (χ1n) is 11.2. The van der Waals surface area contributed by atoms with Gasteiger partial charge in [-0.15, -0.1) is 0 Å². The number of carbonyl (C=O) groups excluding carboxylic acids is 3. The van der Waals surface area contributed by atoms with Crippen LogP contribution in [0.15, 0.2) is 65.4 Å². The van der Waals surface area contributed by atoms with Gasteiger partial charge < -0.3 is 24.4 Å². The number of esters is 1. The maximum atomic E-state index is 13.0. The second-order valence-electron chi connectivity index (χ2n) is 8.45. The molecule has 0 aromatic heterocycles. The fourth-order valence-electron chi connectivity index (χ4n) is 3.66. The summed E-state index contributed by atoms with van der Waals surface area (Å²) in [5.74, 6) is 0.363. The summed E-state index contributed by atoms with van der Waals surface area (Å²) in [4.78, 5) is 39.2. The number of anilines is 1. The number of hydrogen-bond acceptors (Lipinski definition) is 6. The smallest absolute Gasteiger partial charge is 0.340 e. The van der Waals surface area contributed by atoms with Crippen molar-refractivity contribution in [3.05, 3.63) is 70.9 Å². The van der Waals surface area contributed by atoms with Crippen molar-refractivity contribution in [2.75, 3.05) is 32.7 Å². The van der Waals surface area contributed by atoms with E-state index in [4.69, 9.17) is 14.2 Å². The molecule has 3 rings (SSSR count). The van der Waals surface area contributed by atoms with Crippen LogP contribution in [0.4, 0.5) is 5.69 Å². The minimum Gasteiger partial charge on any atom is -0.497 e. The van der Waals surface area contributed by atoms with E-state index in [1.807, 2.05) is 13.8 Å². The summed E-state index contributed by atoms with van der Waals surface area (Å²) in [5, 5.41) is 2.75. The number of carbonyl (C=O) groups is 3. The fourth-order valence-corrected chi connectivity index (χ4v) is 3.66.